The molecule has 0 unspecified atom stereocenters. The monoisotopic (exact) mass is 320 g/mol. The van der Waals surface area contributed by atoms with Crippen molar-refractivity contribution >= 4 is 17.5 Å². The van der Waals surface area contributed by atoms with Gasteiger partial charge in [-0.3, -0.25) is 4.79 Å². The van der Waals surface area contributed by atoms with E-state index >= 15 is 0 Å². The zero-order valence-corrected chi connectivity index (χ0v) is 14.1. The Labute approximate surface area is 138 Å². The summed E-state index contributed by atoms with van der Waals surface area (Å²) in [7, 11) is 2.14. The number of amides is 1. The van der Waals surface area contributed by atoms with Crippen molar-refractivity contribution in [3.63, 3.8) is 0 Å². The Hall–Kier alpha value is -1.06. The molecule has 0 bridgehead atoms. The van der Waals surface area contributed by atoms with E-state index in [9.17, 15) is 4.79 Å². The molecule has 1 saturated heterocycles. The molecular weight excluding hydrogens is 296 g/mol. The zero-order valence-electron chi connectivity index (χ0n) is 13.4. The first kappa shape index (κ1) is 15.8. The van der Waals surface area contributed by atoms with Crippen LogP contribution in [0.3, 0.4) is 0 Å². The number of carbonyl (C=O) groups excluding carboxylic acids is 1. The second-order valence-corrected chi connectivity index (χ2v) is 7.19. The highest BCUT2D eigenvalue weighted by Crippen LogP contribution is 2.43. The molecule has 0 atom stereocenters. The van der Waals surface area contributed by atoms with Crippen LogP contribution in [0.1, 0.15) is 37.7 Å². The molecule has 0 radical (unpaired) electrons. The molecule has 0 aromatic heterocycles. The van der Waals surface area contributed by atoms with Gasteiger partial charge in [-0.1, -0.05) is 36.6 Å². The van der Waals surface area contributed by atoms with Crippen molar-refractivity contribution in [2.24, 2.45) is 0 Å². The van der Waals surface area contributed by atoms with Crippen LogP contribution in [0.5, 0.6) is 0 Å². The molecule has 120 valence electrons. The number of carbonyl (C=O) groups is 1. The number of nitrogens with zero attached hydrogens (tertiary/aromatic N) is 2. The van der Waals surface area contributed by atoms with Gasteiger partial charge in [0.15, 0.2) is 0 Å². The number of rotatable bonds is 2. The Bertz CT molecular complexity index is 540. The van der Waals surface area contributed by atoms with Crippen molar-refractivity contribution in [1.82, 2.24) is 9.80 Å². The lowest BCUT2D eigenvalue weighted by Crippen LogP contribution is -2.46. The van der Waals surface area contributed by atoms with E-state index in [1.54, 1.807) is 0 Å². The average molecular weight is 321 g/mol. The van der Waals surface area contributed by atoms with E-state index < -0.39 is 0 Å². The van der Waals surface area contributed by atoms with Gasteiger partial charge < -0.3 is 9.80 Å². The van der Waals surface area contributed by atoms with Crippen LogP contribution in [0.2, 0.25) is 5.02 Å². The summed E-state index contributed by atoms with van der Waals surface area (Å²) in [4.78, 5) is 17.8. The Morgan fingerprint density at radius 3 is 2.59 bits per heavy atom. The fraction of sp³-hybridized carbons (Fsp3) is 0.611. The minimum absolute atomic E-state index is 0.322. The quantitative estimate of drug-likeness (QED) is 0.834. The van der Waals surface area contributed by atoms with Crippen LogP contribution in [0.4, 0.5) is 0 Å². The molecule has 1 saturated carbocycles. The fourth-order valence-electron chi connectivity index (χ4n) is 3.94. The van der Waals surface area contributed by atoms with Gasteiger partial charge in [0.2, 0.25) is 5.91 Å². The van der Waals surface area contributed by atoms with E-state index in [0.29, 0.717) is 5.91 Å². The first-order chi connectivity index (χ1) is 10.6. The summed E-state index contributed by atoms with van der Waals surface area (Å²) in [6.45, 7) is 3.77. The minimum atomic E-state index is -0.339. The van der Waals surface area contributed by atoms with Gasteiger partial charge in [-0.05, 0) is 50.6 Å². The van der Waals surface area contributed by atoms with Gasteiger partial charge in [0.25, 0.3) is 0 Å². The normalized spacial score (nSPS) is 22.5. The lowest BCUT2D eigenvalue weighted by atomic mass is 9.77. The summed E-state index contributed by atoms with van der Waals surface area (Å²) >= 11 is 6.19. The first-order valence-corrected chi connectivity index (χ1v) is 8.74. The molecule has 1 aromatic rings. The second kappa shape index (κ2) is 6.59. The smallest absolute Gasteiger partial charge is 0.233 e. The van der Waals surface area contributed by atoms with Crippen LogP contribution < -0.4 is 0 Å². The van der Waals surface area contributed by atoms with Gasteiger partial charge in [0.05, 0.1) is 5.41 Å². The maximum absolute atomic E-state index is 13.4. The highest BCUT2D eigenvalue weighted by Gasteiger charge is 2.45. The van der Waals surface area contributed by atoms with E-state index in [2.05, 4.69) is 22.9 Å². The van der Waals surface area contributed by atoms with Gasteiger partial charge in [0.1, 0.15) is 0 Å². The van der Waals surface area contributed by atoms with Gasteiger partial charge in [-0.2, -0.15) is 0 Å². The maximum Gasteiger partial charge on any atom is 0.233 e. The van der Waals surface area contributed by atoms with Gasteiger partial charge in [0, 0.05) is 24.7 Å². The van der Waals surface area contributed by atoms with Crippen LogP contribution in [-0.4, -0.2) is 48.9 Å². The van der Waals surface area contributed by atoms with E-state index in [1.165, 1.54) is 0 Å². The summed E-state index contributed by atoms with van der Waals surface area (Å²) in [5.74, 6) is 0.322. The van der Waals surface area contributed by atoms with E-state index in [0.717, 1.165) is 68.9 Å². The average Bonchev–Trinajstić information content (AvgIpc) is 2.91. The predicted molar refractivity (Wildman–Crippen MR) is 90.3 cm³/mol. The number of hydrogen-bond acceptors (Lipinski definition) is 2. The topological polar surface area (TPSA) is 23.6 Å². The van der Waals surface area contributed by atoms with Gasteiger partial charge in [-0.25, -0.2) is 0 Å². The van der Waals surface area contributed by atoms with Crippen molar-refractivity contribution < 1.29 is 4.79 Å². The SMILES string of the molecule is CN1CCCN(C(=O)C2(c3cccc(Cl)c3)CCCC2)CC1. The highest BCUT2D eigenvalue weighted by atomic mass is 35.5. The van der Waals surface area contributed by atoms with E-state index in [4.69, 9.17) is 11.6 Å². The molecular formula is C18H25ClN2O. The standard InChI is InChI=1S/C18H25ClN2O/c1-20-10-5-11-21(13-12-20)17(22)18(8-2-3-9-18)15-6-4-7-16(19)14-15/h4,6-7,14H,2-3,5,8-13H2,1H3. The number of hydrogen-bond donors (Lipinski definition) is 0. The Morgan fingerprint density at radius 2 is 1.86 bits per heavy atom. The Balaban J connectivity index is 1.88. The number of halogens is 1. The molecule has 3 rings (SSSR count). The van der Waals surface area contributed by atoms with Crippen LogP contribution in [0.15, 0.2) is 24.3 Å². The van der Waals surface area contributed by atoms with Crippen molar-refractivity contribution in [2.45, 2.75) is 37.5 Å². The van der Waals surface area contributed by atoms with Crippen molar-refractivity contribution in [3.8, 4) is 0 Å². The summed E-state index contributed by atoms with van der Waals surface area (Å²) in [6.07, 6.45) is 5.24. The molecule has 4 heteroatoms. The third-order valence-electron chi connectivity index (χ3n) is 5.25. The molecule has 0 spiro atoms. The molecule has 1 heterocycles. The van der Waals surface area contributed by atoms with Crippen molar-refractivity contribution in [1.29, 1.82) is 0 Å². The fourth-order valence-corrected chi connectivity index (χ4v) is 4.13. The summed E-state index contributed by atoms with van der Waals surface area (Å²) in [6, 6.07) is 7.94. The molecule has 2 fully saturated rings. The van der Waals surface area contributed by atoms with Crippen molar-refractivity contribution in [2.75, 3.05) is 33.2 Å². The summed E-state index contributed by atoms with van der Waals surface area (Å²) in [5.41, 5.74) is 0.772. The van der Waals surface area contributed by atoms with Crippen LogP contribution in [0, 0.1) is 0 Å². The lowest BCUT2D eigenvalue weighted by molar-refractivity contribution is -0.137. The minimum Gasteiger partial charge on any atom is -0.341 e. The van der Waals surface area contributed by atoms with E-state index in [1.807, 2.05) is 18.2 Å². The molecule has 1 aromatic carbocycles. The Kier molecular flexibility index (Phi) is 4.74. The second-order valence-electron chi connectivity index (χ2n) is 6.75. The largest absolute Gasteiger partial charge is 0.341 e. The third kappa shape index (κ3) is 3.02. The number of benzene rings is 1. The summed E-state index contributed by atoms with van der Waals surface area (Å²) < 4.78 is 0. The van der Waals surface area contributed by atoms with Crippen molar-refractivity contribution in [3.05, 3.63) is 34.9 Å². The third-order valence-corrected chi connectivity index (χ3v) is 5.49. The molecule has 0 N–H and O–H groups in total. The molecule has 1 aliphatic carbocycles. The molecule has 22 heavy (non-hydrogen) atoms. The molecule has 2 aliphatic rings. The van der Waals surface area contributed by atoms with Crippen LogP contribution in [0.25, 0.3) is 0 Å². The van der Waals surface area contributed by atoms with E-state index in [-0.39, 0.29) is 5.41 Å². The highest BCUT2D eigenvalue weighted by molar-refractivity contribution is 6.30. The first-order valence-electron chi connectivity index (χ1n) is 8.36. The molecule has 1 aliphatic heterocycles. The number of likely N-dealkylation sites (N-methyl/N-ethyl adjacent to an activating group) is 1. The zero-order chi connectivity index (χ0) is 15.6. The Morgan fingerprint density at radius 1 is 1.09 bits per heavy atom. The van der Waals surface area contributed by atoms with Gasteiger partial charge >= 0.3 is 0 Å². The maximum atomic E-state index is 13.4. The van der Waals surface area contributed by atoms with Crippen LogP contribution in [-0.2, 0) is 10.2 Å². The molecule has 3 nitrogen and oxygen atoms in total. The molecule has 1 amide bonds. The summed E-state index contributed by atoms with van der Waals surface area (Å²) in [5, 5.41) is 0.729. The lowest BCUT2D eigenvalue weighted by Gasteiger charge is -2.34. The predicted octanol–water partition coefficient (Wildman–Crippen LogP) is 3.32. The van der Waals surface area contributed by atoms with Crippen LogP contribution >= 0.6 is 11.6 Å². The van der Waals surface area contributed by atoms with Gasteiger partial charge in [-0.15, -0.1) is 0 Å².